The van der Waals surface area contributed by atoms with Crippen LogP contribution in [0.1, 0.15) is 5.56 Å². The molecule has 0 amide bonds. The molecule has 1 aromatic carbocycles. The van der Waals surface area contributed by atoms with Gasteiger partial charge in [0.1, 0.15) is 0 Å². The van der Waals surface area contributed by atoms with Crippen LogP contribution < -0.4 is 11.5 Å². The largest absolute Gasteiger partial charge is 0.370 e. The second-order valence-corrected chi connectivity index (χ2v) is 4.00. The highest BCUT2D eigenvalue weighted by Gasteiger charge is 1.98. The van der Waals surface area contributed by atoms with Crippen LogP contribution in [0.4, 0.5) is 0 Å². The monoisotopic (exact) mass is 299 g/mol. The molecule has 6 nitrogen and oxygen atoms in total. The summed E-state index contributed by atoms with van der Waals surface area (Å²) >= 11 is 8.90. The summed E-state index contributed by atoms with van der Waals surface area (Å²) in [4.78, 5) is 3.84. The zero-order valence-electron chi connectivity index (χ0n) is 8.51. The quantitative estimate of drug-likeness (QED) is 0.374. The first-order valence-electron chi connectivity index (χ1n) is 4.12. The highest BCUT2D eigenvalue weighted by atomic mass is 35.5. The van der Waals surface area contributed by atoms with Gasteiger partial charge in [-0.15, -0.1) is 0 Å². The van der Waals surface area contributed by atoms with E-state index in [2.05, 4.69) is 4.99 Å². The average Bonchev–Trinajstić information content (AvgIpc) is 2.19. The molecule has 0 aliphatic rings. The van der Waals surface area contributed by atoms with E-state index in [0.29, 0.717) is 16.6 Å². The van der Waals surface area contributed by atoms with Crippen molar-refractivity contribution in [3.63, 3.8) is 0 Å². The Balaban J connectivity index is 0.000000557. The van der Waals surface area contributed by atoms with Gasteiger partial charge in [-0.25, -0.2) is 4.99 Å². The van der Waals surface area contributed by atoms with Crippen molar-refractivity contribution in [3.05, 3.63) is 33.8 Å². The molecule has 0 saturated heterocycles. The lowest BCUT2D eigenvalue weighted by atomic mass is 10.2. The summed E-state index contributed by atoms with van der Waals surface area (Å²) < 4.78 is 22.8. The van der Waals surface area contributed by atoms with E-state index in [-0.39, 0.29) is 5.96 Å². The molecule has 0 aromatic heterocycles. The van der Waals surface area contributed by atoms with Gasteiger partial charge in [0.25, 0.3) is 11.4 Å². The minimum Gasteiger partial charge on any atom is -0.370 e. The van der Waals surface area contributed by atoms with Gasteiger partial charge in [0.15, 0.2) is 5.96 Å². The minimum atomic E-state index is -2.61. The molecule has 1 rings (SSSR count). The summed E-state index contributed by atoms with van der Waals surface area (Å²) in [5.74, 6) is 0.0612. The number of hydrogen-bond acceptors (Lipinski definition) is 2. The van der Waals surface area contributed by atoms with E-state index in [0.717, 1.165) is 5.56 Å². The zero-order chi connectivity index (χ0) is 13.4. The lowest BCUT2D eigenvalue weighted by Crippen LogP contribution is -2.22. The molecule has 0 bridgehead atoms. The lowest BCUT2D eigenvalue weighted by molar-refractivity contribution is 0.454. The third-order valence-corrected chi connectivity index (χ3v) is 2.17. The smallest absolute Gasteiger partial charge is 0.299 e. The molecule has 0 heterocycles. The number of rotatable bonds is 2. The maximum absolute atomic E-state index is 8.67. The number of nitrogens with zero attached hydrogens (tertiary/aromatic N) is 1. The fourth-order valence-corrected chi connectivity index (χ4v) is 1.14. The van der Waals surface area contributed by atoms with Crippen LogP contribution in [0.2, 0.25) is 10.0 Å². The first-order chi connectivity index (χ1) is 7.82. The summed E-state index contributed by atoms with van der Waals surface area (Å²) in [7, 11) is 0. The molecule has 0 atom stereocenters. The van der Waals surface area contributed by atoms with Crippen LogP contribution in [-0.2, 0) is 17.9 Å². The molecule has 0 fully saturated rings. The van der Waals surface area contributed by atoms with E-state index in [4.69, 9.17) is 48.0 Å². The highest BCUT2D eigenvalue weighted by Crippen LogP contribution is 2.22. The fourth-order valence-electron chi connectivity index (χ4n) is 0.821. The molecule has 6 N–H and O–H groups in total. The lowest BCUT2D eigenvalue weighted by Gasteiger charge is -1.99. The van der Waals surface area contributed by atoms with Crippen molar-refractivity contribution in [1.29, 1.82) is 0 Å². The first kappa shape index (κ1) is 16.1. The van der Waals surface area contributed by atoms with Crippen molar-refractivity contribution in [2.24, 2.45) is 16.5 Å². The van der Waals surface area contributed by atoms with E-state index in [9.17, 15) is 0 Å². The molecule has 0 unspecified atom stereocenters. The van der Waals surface area contributed by atoms with Gasteiger partial charge < -0.3 is 11.5 Å². The number of hydrogen-bond donors (Lipinski definition) is 4. The van der Waals surface area contributed by atoms with Gasteiger partial charge >= 0.3 is 0 Å². The first-order valence-corrected chi connectivity index (χ1v) is 5.94. The van der Waals surface area contributed by atoms with Gasteiger partial charge in [-0.1, -0.05) is 29.3 Å². The maximum Gasteiger partial charge on any atom is 0.299 e. The summed E-state index contributed by atoms with van der Waals surface area (Å²) in [5.41, 5.74) is 11.3. The molecule has 9 heteroatoms. The van der Waals surface area contributed by atoms with E-state index < -0.39 is 11.4 Å². The van der Waals surface area contributed by atoms with Crippen molar-refractivity contribution >= 4 is 40.5 Å². The second kappa shape index (κ2) is 8.26. The Morgan fingerprint density at radius 3 is 2.24 bits per heavy atom. The van der Waals surface area contributed by atoms with Gasteiger partial charge in [-0.3, -0.25) is 9.11 Å². The Bertz CT molecular complexity index is 420. The molecular weight excluding hydrogens is 289 g/mol. The SMILES string of the molecule is NC(N)=NCc1ccc(Cl)c(Cl)c1.O=S(O)O. The van der Waals surface area contributed by atoms with Crippen LogP contribution in [0, 0.1) is 0 Å². The Morgan fingerprint density at radius 1 is 1.29 bits per heavy atom. The van der Waals surface area contributed by atoms with E-state index in [1.807, 2.05) is 6.07 Å². The second-order valence-electron chi connectivity index (χ2n) is 2.72. The van der Waals surface area contributed by atoms with Gasteiger partial charge in [-0.2, -0.15) is 4.21 Å². The minimum absolute atomic E-state index is 0.0612. The fraction of sp³-hybridized carbons (Fsp3) is 0.125. The van der Waals surface area contributed by atoms with Crippen LogP contribution >= 0.6 is 23.2 Å². The predicted molar refractivity (Wildman–Crippen MR) is 69.4 cm³/mol. The van der Waals surface area contributed by atoms with Crippen LogP contribution in [-0.4, -0.2) is 19.3 Å². The Morgan fingerprint density at radius 2 is 1.82 bits per heavy atom. The van der Waals surface area contributed by atoms with Crippen LogP contribution in [0.5, 0.6) is 0 Å². The molecule has 17 heavy (non-hydrogen) atoms. The molecular formula is C8H11Cl2N3O3S. The summed E-state index contributed by atoms with van der Waals surface area (Å²) in [6.07, 6.45) is 0. The number of halogens is 2. The van der Waals surface area contributed by atoms with Crippen molar-refractivity contribution in [1.82, 2.24) is 0 Å². The van der Waals surface area contributed by atoms with Crippen molar-refractivity contribution in [2.45, 2.75) is 6.54 Å². The molecule has 0 aliphatic heterocycles. The zero-order valence-corrected chi connectivity index (χ0v) is 10.8. The normalized spacial score (nSPS) is 9.47. The number of nitrogens with two attached hydrogens (primary N) is 2. The molecule has 0 aliphatic carbocycles. The Labute approximate surface area is 111 Å². The van der Waals surface area contributed by atoms with E-state index in [1.54, 1.807) is 12.1 Å². The third-order valence-electron chi connectivity index (χ3n) is 1.43. The number of aliphatic imine (C=N–C) groups is 1. The van der Waals surface area contributed by atoms with E-state index >= 15 is 0 Å². The third kappa shape index (κ3) is 8.90. The van der Waals surface area contributed by atoms with Crippen molar-refractivity contribution in [3.8, 4) is 0 Å². The van der Waals surface area contributed by atoms with Gasteiger partial charge in [0.2, 0.25) is 0 Å². The summed E-state index contributed by atoms with van der Waals surface area (Å²) in [6, 6.07) is 5.26. The molecule has 0 saturated carbocycles. The molecule has 0 spiro atoms. The van der Waals surface area contributed by atoms with Crippen LogP contribution in [0.3, 0.4) is 0 Å². The predicted octanol–water partition coefficient (Wildman–Crippen LogP) is 1.45. The van der Waals surface area contributed by atoms with Crippen LogP contribution in [0.15, 0.2) is 23.2 Å². The standard InChI is InChI=1S/C8H9Cl2N3.H2O3S/c9-6-2-1-5(3-7(6)10)4-13-8(11)12;1-4(2)3/h1-3H,4H2,(H4,11,12,13);(H2,1,2,3). The molecule has 1 aromatic rings. The molecule has 0 radical (unpaired) electrons. The Hall–Kier alpha value is -0.860. The topological polar surface area (TPSA) is 122 Å². The van der Waals surface area contributed by atoms with Crippen molar-refractivity contribution < 1.29 is 13.3 Å². The van der Waals surface area contributed by atoms with Gasteiger partial charge in [0, 0.05) is 0 Å². The van der Waals surface area contributed by atoms with Gasteiger partial charge in [-0.05, 0) is 17.7 Å². The van der Waals surface area contributed by atoms with Crippen molar-refractivity contribution in [2.75, 3.05) is 0 Å². The Kier molecular flexibility index (Phi) is 7.85. The number of benzene rings is 1. The van der Waals surface area contributed by atoms with Gasteiger partial charge in [0.05, 0.1) is 16.6 Å². The highest BCUT2D eigenvalue weighted by molar-refractivity contribution is 7.73. The summed E-state index contributed by atoms with van der Waals surface area (Å²) in [5, 5.41) is 1.03. The maximum atomic E-state index is 8.67. The molecule has 96 valence electrons. The average molecular weight is 300 g/mol. The van der Waals surface area contributed by atoms with Crippen LogP contribution in [0.25, 0.3) is 0 Å². The number of guanidine groups is 1. The summed E-state index contributed by atoms with van der Waals surface area (Å²) in [6.45, 7) is 0.416. The van der Waals surface area contributed by atoms with E-state index in [1.165, 1.54) is 0 Å².